The molecular formula is C8H18N2O. The minimum Gasteiger partial charge on any atom is -0.295 e. The molecule has 0 spiro atoms. The van der Waals surface area contributed by atoms with E-state index in [2.05, 4.69) is 25.9 Å². The van der Waals surface area contributed by atoms with E-state index in [1.165, 1.54) is 6.42 Å². The van der Waals surface area contributed by atoms with Gasteiger partial charge in [-0.1, -0.05) is 0 Å². The second-order valence-corrected chi connectivity index (χ2v) is 3.48. The van der Waals surface area contributed by atoms with Crippen molar-refractivity contribution in [1.82, 2.24) is 9.96 Å². The highest BCUT2D eigenvalue weighted by Gasteiger charge is 2.25. The van der Waals surface area contributed by atoms with Gasteiger partial charge in [-0.05, 0) is 33.9 Å². The molecule has 0 amide bonds. The van der Waals surface area contributed by atoms with Gasteiger partial charge >= 0.3 is 0 Å². The summed E-state index contributed by atoms with van der Waals surface area (Å²) in [5, 5.41) is 1.95. The highest BCUT2D eigenvalue weighted by Crippen LogP contribution is 2.18. The maximum absolute atomic E-state index is 5.55. The van der Waals surface area contributed by atoms with Crippen LogP contribution in [0.5, 0.6) is 0 Å². The van der Waals surface area contributed by atoms with Crippen molar-refractivity contribution in [2.24, 2.45) is 0 Å². The molecule has 1 rings (SSSR count). The summed E-state index contributed by atoms with van der Waals surface area (Å²) in [6, 6.07) is 0. The fourth-order valence-corrected chi connectivity index (χ4v) is 1.56. The number of hydrogen-bond donors (Lipinski definition) is 0. The molecule has 2 unspecified atom stereocenters. The molecule has 0 saturated carbocycles. The highest BCUT2D eigenvalue weighted by atomic mass is 16.7. The molecular weight excluding hydrogens is 140 g/mol. The largest absolute Gasteiger partial charge is 0.295 e. The molecule has 3 heteroatoms. The van der Waals surface area contributed by atoms with Gasteiger partial charge in [0.15, 0.2) is 0 Å². The van der Waals surface area contributed by atoms with Crippen LogP contribution in [0.3, 0.4) is 0 Å². The summed E-state index contributed by atoms with van der Waals surface area (Å²) in [6.07, 6.45) is 3.19. The number of rotatable bonds is 1. The highest BCUT2D eigenvalue weighted by molar-refractivity contribution is 4.67. The summed E-state index contributed by atoms with van der Waals surface area (Å²) < 4.78 is 0. The molecule has 1 fully saturated rings. The van der Waals surface area contributed by atoms with Crippen molar-refractivity contribution < 1.29 is 4.84 Å². The first-order chi connectivity index (χ1) is 5.11. The van der Waals surface area contributed by atoms with Crippen molar-refractivity contribution in [2.45, 2.75) is 32.0 Å². The SMILES string of the molecule is CC1CCC(N(C)C)N(C)O1. The van der Waals surface area contributed by atoms with Crippen LogP contribution in [-0.4, -0.2) is 43.4 Å². The molecule has 1 saturated heterocycles. The molecule has 0 bridgehead atoms. The second kappa shape index (κ2) is 3.52. The molecule has 1 aliphatic heterocycles. The van der Waals surface area contributed by atoms with Crippen LogP contribution in [0.15, 0.2) is 0 Å². The molecule has 3 nitrogen and oxygen atoms in total. The van der Waals surface area contributed by atoms with Crippen LogP contribution in [-0.2, 0) is 4.84 Å². The van der Waals surface area contributed by atoms with Crippen molar-refractivity contribution in [3.05, 3.63) is 0 Å². The lowest BCUT2D eigenvalue weighted by Gasteiger charge is -2.38. The smallest absolute Gasteiger partial charge is 0.0861 e. The maximum Gasteiger partial charge on any atom is 0.0861 e. The monoisotopic (exact) mass is 158 g/mol. The summed E-state index contributed by atoms with van der Waals surface area (Å²) in [5.74, 6) is 0. The summed E-state index contributed by atoms with van der Waals surface area (Å²) in [5.41, 5.74) is 0. The number of nitrogens with zero attached hydrogens (tertiary/aromatic N) is 2. The Labute approximate surface area is 68.9 Å². The van der Waals surface area contributed by atoms with Crippen LogP contribution in [0.2, 0.25) is 0 Å². The lowest BCUT2D eigenvalue weighted by Crippen LogP contribution is -2.47. The van der Waals surface area contributed by atoms with E-state index in [4.69, 9.17) is 4.84 Å². The van der Waals surface area contributed by atoms with E-state index in [1.54, 1.807) is 0 Å². The molecule has 0 aliphatic carbocycles. The Balaban J connectivity index is 2.44. The van der Waals surface area contributed by atoms with Gasteiger partial charge in [-0.2, -0.15) is 5.06 Å². The molecule has 0 aromatic rings. The Hall–Kier alpha value is -0.120. The van der Waals surface area contributed by atoms with Gasteiger partial charge in [-0.3, -0.25) is 9.74 Å². The third-order valence-corrected chi connectivity index (χ3v) is 2.19. The van der Waals surface area contributed by atoms with Crippen LogP contribution in [0, 0.1) is 0 Å². The zero-order valence-corrected chi connectivity index (χ0v) is 7.87. The lowest BCUT2D eigenvalue weighted by atomic mass is 10.1. The van der Waals surface area contributed by atoms with Crippen molar-refractivity contribution in [3.63, 3.8) is 0 Å². The van der Waals surface area contributed by atoms with Gasteiger partial charge in [-0.25, -0.2) is 0 Å². The van der Waals surface area contributed by atoms with Gasteiger partial charge in [0.25, 0.3) is 0 Å². The molecule has 0 aromatic heterocycles. The third-order valence-electron chi connectivity index (χ3n) is 2.19. The topological polar surface area (TPSA) is 15.7 Å². The lowest BCUT2D eigenvalue weighted by molar-refractivity contribution is -0.252. The fraction of sp³-hybridized carbons (Fsp3) is 1.00. The zero-order valence-electron chi connectivity index (χ0n) is 7.87. The second-order valence-electron chi connectivity index (χ2n) is 3.48. The van der Waals surface area contributed by atoms with Crippen LogP contribution in [0.25, 0.3) is 0 Å². The minimum absolute atomic E-state index is 0.385. The Morgan fingerprint density at radius 3 is 2.45 bits per heavy atom. The van der Waals surface area contributed by atoms with E-state index in [1.807, 2.05) is 12.1 Å². The Kier molecular flexibility index (Phi) is 2.87. The summed E-state index contributed by atoms with van der Waals surface area (Å²) in [6.45, 7) is 2.11. The number of hydroxylamine groups is 2. The van der Waals surface area contributed by atoms with E-state index in [-0.39, 0.29) is 0 Å². The normalized spacial score (nSPS) is 34.6. The van der Waals surface area contributed by atoms with Crippen molar-refractivity contribution in [2.75, 3.05) is 21.1 Å². The maximum atomic E-state index is 5.55. The van der Waals surface area contributed by atoms with Gasteiger partial charge in [0, 0.05) is 7.05 Å². The average molecular weight is 158 g/mol. The summed E-state index contributed by atoms with van der Waals surface area (Å²) >= 11 is 0. The first kappa shape index (κ1) is 8.97. The van der Waals surface area contributed by atoms with E-state index >= 15 is 0 Å². The van der Waals surface area contributed by atoms with Crippen molar-refractivity contribution >= 4 is 0 Å². The van der Waals surface area contributed by atoms with Gasteiger partial charge in [0.2, 0.25) is 0 Å². The first-order valence-corrected chi connectivity index (χ1v) is 4.17. The Morgan fingerprint density at radius 1 is 1.36 bits per heavy atom. The van der Waals surface area contributed by atoms with E-state index in [0.29, 0.717) is 12.3 Å². The van der Waals surface area contributed by atoms with Crippen LogP contribution < -0.4 is 0 Å². The summed E-state index contributed by atoms with van der Waals surface area (Å²) in [7, 11) is 6.17. The van der Waals surface area contributed by atoms with E-state index in [9.17, 15) is 0 Å². The summed E-state index contributed by atoms with van der Waals surface area (Å²) in [4.78, 5) is 7.74. The van der Waals surface area contributed by atoms with Gasteiger partial charge in [0.1, 0.15) is 0 Å². The van der Waals surface area contributed by atoms with Crippen LogP contribution >= 0.6 is 0 Å². The first-order valence-electron chi connectivity index (χ1n) is 4.17. The predicted octanol–water partition coefficient (Wildman–Crippen LogP) is 0.920. The molecule has 11 heavy (non-hydrogen) atoms. The molecule has 66 valence electrons. The minimum atomic E-state index is 0.385. The van der Waals surface area contributed by atoms with Gasteiger partial charge < -0.3 is 0 Å². The zero-order chi connectivity index (χ0) is 8.43. The van der Waals surface area contributed by atoms with Crippen molar-refractivity contribution in [1.29, 1.82) is 0 Å². The third kappa shape index (κ3) is 2.15. The fourth-order valence-electron chi connectivity index (χ4n) is 1.56. The standard InChI is InChI=1S/C8H18N2O/c1-7-5-6-8(9(2)3)10(4)11-7/h7-8H,5-6H2,1-4H3. The van der Waals surface area contributed by atoms with Crippen molar-refractivity contribution in [3.8, 4) is 0 Å². The van der Waals surface area contributed by atoms with Crippen LogP contribution in [0.1, 0.15) is 19.8 Å². The average Bonchev–Trinajstić information content (AvgIpc) is 1.85. The molecule has 0 radical (unpaired) electrons. The van der Waals surface area contributed by atoms with E-state index < -0.39 is 0 Å². The molecule has 0 aromatic carbocycles. The van der Waals surface area contributed by atoms with E-state index in [0.717, 1.165) is 6.42 Å². The Morgan fingerprint density at radius 2 is 2.00 bits per heavy atom. The quantitative estimate of drug-likeness (QED) is 0.564. The molecule has 1 heterocycles. The van der Waals surface area contributed by atoms with Crippen LogP contribution in [0.4, 0.5) is 0 Å². The Bertz CT molecular complexity index is 127. The molecule has 0 N–H and O–H groups in total. The predicted molar refractivity (Wildman–Crippen MR) is 45.0 cm³/mol. The van der Waals surface area contributed by atoms with Gasteiger partial charge in [-0.15, -0.1) is 0 Å². The van der Waals surface area contributed by atoms with Gasteiger partial charge in [0.05, 0.1) is 12.3 Å². The molecule has 1 aliphatic rings. The number of hydrogen-bond acceptors (Lipinski definition) is 3. The molecule has 2 atom stereocenters.